The number of imidazole rings is 1. The van der Waals surface area contributed by atoms with Gasteiger partial charge in [0.25, 0.3) is 0 Å². The highest BCUT2D eigenvalue weighted by atomic mass is 32.2. The highest BCUT2D eigenvalue weighted by molar-refractivity contribution is 7.99. The van der Waals surface area contributed by atoms with Crippen LogP contribution in [0.5, 0.6) is 0 Å². The molecule has 1 aliphatic heterocycles. The second-order valence-electron chi connectivity index (χ2n) is 3.97. The summed E-state index contributed by atoms with van der Waals surface area (Å²) in [5.74, 6) is 0.494. The van der Waals surface area contributed by atoms with Crippen LogP contribution in [0.3, 0.4) is 0 Å². The number of nitrogens with one attached hydrogen (secondary N) is 2. The van der Waals surface area contributed by atoms with Crippen LogP contribution in [-0.2, 0) is 4.79 Å². The van der Waals surface area contributed by atoms with E-state index in [-0.39, 0.29) is 12.1 Å². The maximum Gasteiger partial charge on any atom is 0.327 e. The molecule has 1 aliphatic rings. The molecule has 0 spiro atoms. The molecule has 1 saturated heterocycles. The quantitative estimate of drug-likeness (QED) is 0.748. The molecule has 0 saturated carbocycles. The van der Waals surface area contributed by atoms with Crippen molar-refractivity contribution in [3.05, 3.63) is 18.2 Å². The highest BCUT2D eigenvalue weighted by Gasteiger charge is 2.35. The molecule has 0 bridgehead atoms. The van der Waals surface area contributed by atoms with Crippen molar-refractivity contribution in [2.45, 2.75) is 19.0 Å². The molecule has 2 unspecified atom stereocenters. The van der Waals surface area contributed by atoms with E-state index in [0.29, 0.717) is 17.5 Å². The summed E-state index contributed by atoms with van der Waals surface area (Å²) in [6.07, 6.45) is 3.27. The van der Waals surface area contributed by atoms with Gasteiger partial charge >= 0.3 is 12.0 Å². The summed E-state index contributed by atoms with van der Waals surface area (Å²) in [4.78, 5) is 31.2. The number of urea groups is 1. The maximum atomic E-state index is 12.0. The Balaban J connectivity index is 1.97. The van der Waals surface area contributed by atoms with E-state index in [1.54, 1.807) is 19.3 Å². The number of carboxylic acids is 1. The average Bonchev–Trinajstić information content (AvgIpc) is 3.00. The molecule has 0 radical (unpaired) electrons. The van der Waals surface area contributed by atoms with Crippen LogP contribution in [0, 0.1) is 0 Å². The van der Waals surface area contributed by atoms with Crippen LogP contribution in [0.2, 0.25) is 0 Å². The Morgan fingerprint density at radius 1 is 1.72 bits per heavy atom. The fraction of sp³-hybridized carbons (Fsp3) is 0.500. The number of carbonyl (C=O) groups is 2. The Morgan fingerprint density at radius 3 is 3.11 bits per heavy atom. The minimum atomic E-state index is -0.971. The van der Waals surface area contributed by atoms with Crippen LogP contribution in [0.1, 0.15) is 18.8 Å². The van der Waals surface area contributed by atoms with Crippen molar-refractivity contribution in [1.82, 2.24) is 20.2 Å². The van der Waals surface area contributed by atoms with Gasteiger partial charge in [-0.05, 0) is 6.92 Å². The van der Waals surface area contributed by atoms with Crippen LogP contribution in [0.25, 0.3) is 0 Å². The molecule has 98 valence electrons. The van der Waals surface area contributed by atoms with Gasteiger partial charge in [-0.15, -0.1) is 11.8 Å². The van der Waals surface area contributed by atoms with E-state index >= 15 is 0 Å². The Kier molecular flexibility index (Phi) is 3.75. The molecule has 1 fully saturated rings. The van der Waals surface area contributed by atoms with Crippen LogP contribution in [-0.4, -0.2) is 49.6 Å². The minimum absolute atomic E-state index is 0.285. The number of aliphatic carboxylic acids is 1. The number of carboxylic acid groups (broad SMARTS) is 1. The molecule has 7 nitrogen and oxygen atoms in total. The fourth-order valence-electron chi connectivity index (χ4n) is 1.70. The molecule has 2 amide bonds. The zero-order chi connectivity index (χ0) is 13.1. The van der Waals surface area contributed by atoms with Crippen LogP contribution < -0.4 is 5.32 Å². The number of nitrogens with zero attached hydrogens (tertiary/aromatic N) is 2. The van der Waals surface area contributed by atoms with Crippen molar-refractivity contribution >= 4 is 23.8 Å². The molecule has 8 heteroatoms. The normalized spacial score (nSPS) is 20.7. The largest absolute Gasteiger partial charge is 0.480 e. The van der Waals surface area contributed by atoms with E-state index in [2.05, 4.69) is 15.3 Å². The monoisotopic (exact) mass is 270 g/mol. The predicted octanol–water partition coefficient (Wildman–Crippen LogP) is 0.640. The highest BCUT2D eigenvalue weighted by Crippen LogP contribution is 2.21. The molecule has 0 aromatic carbocycles. The standard InChI is InChI=1S/C10H14N4O3S/c1-6(8-11-2-3-12-8)13-10(17)14-5-18-4-7(14)9(15)16/h2-3,6-7H,4-5H2,1H3,(H,11,12)(H,13,17)(H,15,16). The molecule has 2 rings (SSSR count). The van der Waals surface area contributed by atoms with Crippen LogP contribution in [0.4, 0.5) is 4.79 Å². The van der Waals surface area contributed by atoms with Gasteiger partial charge in [-0.1, -0.05) is 0 Å². The molecule has 18 heavy (non-hydrogen) atoms. The van der Waals surface area contributed by atoms with E-state index in [4.69, 9.17) is 5.11 Å². The lowest BCUT2D eigenvalue weighted by atomic mass is 10.3. The fourth-order valence-corrected chi connectivity index (χ4v) is 2.84. The van der Waals surface area contributed by atoms with E-state index < -0.39 is 12.0 Å². The first-order valence-electron chi connectivity index (χ1n) is 5.46. The van der Waals surface area contributed by atoms with Crippen molar-refractivity contribution in [2.24, 2.45) is 0 Å². The summed E-state index contributed by atoms with van der Waals surface area (Å²) in [6, 6.07) is -1.41. The third-order valence-electron chi connectivity index (χ3n) is 2.70. The van der Waals surface area contributed by atoms with Gasteiger partial charge < -0.3 is 20.3 Å². The summed E-state index contributed by atoms with van der Waals surface area (Å²) in [5, 5.41) is 11.7. The topological polar surface area (TPSA) is 98.3 Å². The van der Waals surface area contributed by atoms with Crippen molar-refractivity contribution in [3.8, 4) is 0 Å². The Morgan fingerprint density at radius 2 is 2.50 bits per heavy atom. The van der Waals surface area contributed by atoms with Gasteiger partial charge in [-0.2, -0.15) is 0 Å². The van der Waals surface area contributed by atoms with Crippen molar-refractivity contribution in [1.29, 1.82) is 0 Å². The number of hydrogen-bond acceptors (Lipinski definition) is 4. The SMILES string of the molecule is CC(NC(=O)N1CSCC1C(=O)O)c1ncc[nH]1. The maximum absolute atomic E-state index is 12.0. The van der Waals surface area contributed by atoms with Crippen LogP contribution in [0.15, 0.2) is 12.4 Å². The van der Waals surface area contributed by atoms with E-state index in [1.807, 2.05) is 0 Å². The van der Waals surface area contributed by atoms with Crippen LogP contribution >= 0.6 is 11.8 Å². The molecule has 3 N–H and O–H groups in total. The summed E-state index contributed by atoms with van der Waals surface area (Å²) < 4.78 is 0. The van der Waals surface area contributed by atoms with Gasteiger partial charge in [0.2, 0.25) is 0 Å². The van der Waals surface area contributed by atoms with Gasteiger partial charge in [-0.25, -0.2) is 14.6 Å². The van der Waals surface area contributed by atoms with Gasteiger partial charge in [0.15, 0.2) is 0 Å². The molecule has 1 aromatic heterocycles. The first kappa shape index (κ1) is 12.7. The van der Waals surface area contributed by atoms with E-state index in [1.165, 1.54) is 16.7 Å². The molecular weight excluding hydrogens is 256 g/mol. The molecule has 1 aromatic rings. The summed E-state index contributed by atoms with van der Waals surface area (Å²) in [5.41, 5.74) is 0. The average molecular weight is 270 g/mol. The van der Waals surface area contributed by atoms with E-state index in [9.17, 15) is 9.59 Å². The number of amides is 2. The number of thioether (sulfide) groups is 1. The second kappa shape index (κ2) is 5.30. The summed E-state index contributed by atoms with van der Waals surface area (Å²) in [6.45, 7) is 1.79. The Labute approximate surface area is 108 Å². The van der Waals surface area contributed by atoms with Crippen molar-refractivity contribution < 1.29 is 14.7 Å². The number of rotatable bonds is 3. The number of aromatic amines is 1. The van der Waals surface area contributed by atoms with Gasteiger partial charge in [-0.3, -0.25) is 0 Å². The number of aromatic nitrogens is 2. The van der Waals surface area contributed by atoms with Gasteiger partial charge in [0.1, 0.15) is 11.9 Å². The molecular formula is C10H14N4O3S. The first-order valence-corrected chi connectivity index (χ1v) is 6.62. The second-order valence-corrected chi connectivity index (χ2v) is 4.97. The third-order valence-corrected chi connectivity index (χ3v) is 3.71. The van der Waals surface area contributed by atoms with Crippen molar-refractivity contribution in [2.75, 3.05) is 11.6 Å². The molecule has 2 heterocycles. The lowest BCUT2D eigenvalue weighted by molar-refractivity contribution is -0.140. The lowest BCUT2D eigenvalue weighted by Gasteiger charge is -2.22. The Hall–Kier alpha value is -1.70. The van der Waals surface area contributed by atoms with Gasteiger partial charge in [0.05, 0.1) is 11.9 Å². The minimum Gasteiger partial charge on any atom is -0.480 e. The summed E-state index contributed by atoms with van der Waals surface area (Å²) in [7, 11) is 0. The number of carbonyl (C=O) groups excluding carboxylic acids is 1. The predicted molar refractivity (Wildman–Crippen MR) is 66.1 cm³/mol. The smallest absolute Gasteiger partial charge is 0.327 e. The first-order chi connectivity index (χ1) is 8.59. The van der Waals surface area contributed by atoms with Crippen molar-refractivity contribution in [3.63, 3.8) is 0 Å². The third kappa shape index (κ3) is 2.58. The number of hydrogen-bond donors (Lipinski definition) is 3. The molecule has 2 atom stereocenters. The lowest BCUT2D eigenvalue weighted by Crippen LogP contribution is -2.47. The van der Waals surface area contributed by atoms with Gasteiger partial charge in [0, 0.05) is 18.1 Å². The van der Waals surface area contributed by atoms with E-state index in [0.717, 1.165) is 0 Å². The molecule has 0 aliphatic carbocycles. The summed E-state index contributed by atoms with van der Waals surface area (Å²) >= 11 is 1.43. The zero-order valence-electron chi connectivity index (χ0n) is 9.79. The Bertz CT molecular complexity index is 436. The number of H-pyrrole nitrogens is 1. The zero-order valence-corrected chi connectivity index (χ0v) is 10.6.